The second kappa shape index (κ2) is 25.0. The smallest absolute Gasteiger partial charge is 0.399 e. The molecule has 0 radical (unpaired) electrons. The molecular formula is C87H64BBrN4O2S2. The predicted octanol–water partition coefficient (Wildman–Crippen LogP) is 24.3. The maximum absolute atomic E-state index is 6.38. The molecule has 0 unspecified atom stereocenters. The van der Waals surface area contributed by atoms with Gasteiger partial charge in [-0.1, -0.05) is 260 Å². The van der Waals surface area contributed by atoms with Crippen LogP contribution < -0.4 is 5.46 Å². The minimum Gasteiger partial charge on any atom is -0.399 e. The van der Waals surface area contributed by atoms with E-state index in [1.165, 1.54) is 101 Å². The average molecular weight is 1350 g/mol. The summed E-state index contributed by atoms with van der Waals surface area (Å²) in [6.07, 6.45) is 0. The van der Waals surface area contributed by atoms with E-state index in [1.807, 2.05) is 36.4 Å². The molecule has 0 saturated carbocycles. The van der Waals surface area contributed by atoms with Gasteiger partial charge in [-0.15, -0.1) is 22.7 Å². The van der Waals surface area contributed by atoms with Crippen molar-refractivity contribution in [3.63, 3.8) is 0 Å². The van der Waals surface area contributed by atoms with Crippen molar-refractivity contribution in [3.8, 4) is 54.8 Å². The Morgan fingerprint density at radius 2 is 0.639 bits per heavy atom. The Labute approximate surface area is 579 Å². The molecule has 1 aliphatic heterocycles. The molecule has 1 fully saturated rings. The number of nitrogens with zero attached hydrogens (tertiary/aromatic N) is 4. The number of hydrogen-bond donors (Lipinski definition) is 0. The van der Waals surface area contributed by atoms with Gasteiger partial charge in [0, 0.05) is 59.0 Å². The molecule has 466 valence electrons. The normalized spacial score (nSPS) is 13.4. The Morgan fingerprint density at radius 3 is 1.08 bits per heavy atom. The Balaban J connectivity index is 0.000000124. The molecule has 6 nitrogen and oxygen atoms in total. The molecular weight excluding hydrogens is 1290 g/mol. The minimum atomic E-state index is -0.422. The number of pyridine rings is 2. The van der Waals surface area contributed by atoms with Gasteiger partial charge in [0.25, 0.3) is 0 Å². The zero-order valence-electron chi connectivity index (χ0n) is 53.1. The summed E-state index contributed by atoms with van der Waals surface area (Å²) in [4.78, 5) is 20.1. The van der Waals surface area contributed by atoms with Gasteiger partial charge in [0.15, 0.2) is 0 Å². The van der Waals surface area contributed by atoms with Crippen molar-refractivity contribution in [2.75, 3.05) is 0 Å². The van der Waals surface area contributed by atoms with Gasteiger partial charge in [-0.3, -0.25) is 0 Å². The summed E-state index contributed by atoms with van der Waals surface area (Å²) < 4.78 is 16.3. The molecule has 5 heterocycles. The zero-order chi connectivity index (χ0) is 64.7. The van der Waals surface area contributed by atoms with Crippen molar-refractivity contribution in [1.29, 1.82) is 0 Å². The van der Waals surface area contributed by atoms with Crippen LogP contribution in [0.15, 0.2) is 296 Å². The summed E-state index contributed by atoms with van der Waals surface area (Å²) >= 11 is 6.90. The summed E-state index contributed by atoms with van der Waals surface area (Å²) in [7, 11) is -0.422. The lowest BCUT2D eigenvalue weighted by Gasteiger charge is -2.32. The van der Waals surface area contributed by atoms with Crippen molar-refractivity contribution < 1.29 is 9.31 Å². The molecule has 1 saturated heterocycles. The molecule has 97 heavy (non-hydrogen) atoms. The molecule has 10 heteroatoms. The summed E-state index contributed by atoms with van der Waals surface area (Å²) in [5, 5.41) is 19.4. The number of hydrogen-bond acceptors (Lipinski definition) is 8. The lowest BCUT2D eigenvalue weighted by Crippen LogP contribution is -2.41. The number of aromatic nitrogens is 4. The maximum atomic E-state index is 6.38. The molecule has 0 aliphatic carbocycles. The van der Waals surface area contributed by atoms with Gasteiger partial charge in [0.1, 0.15) is 10.0 Å². The highest BCUT2D eigenvalue weighted by Gasteiger charge is 2.51. The van der Waals surface area contributed by atoms with Crippen LogP contribution in [0.1, 0.15) is 35.1 Å². The Kier molecular flexibility index (Phi) is 15.9. The van der Waals surface area contributed by atoms with Gasteiger partial charge in [-0.25, -0.2) is 19.9 Å². The van der Waals surface area contributed by atoms with Crippen LogP contribution in [-0.4, -0.2) is 38.3 Å². The molecule has 19 rings (SSSR count). The molecule has 18 aromatic rings. The van der Waals surface area contributed by atoms with E-state index < -0.39 is 18.3 Å². The first-order valence-electron chi connectivity index (χ1n) is 32.4. The van der Waals surface area contributed by atoms with Gasteiger partial charge in [0.2, 0.25) is 0 Å². The average Bonchev–Trinajstić information content (AvgIpc) is 1.34. The fourth-order valence-corrected chi connectivity index (χ4v) is 15.9. The molecule has 14 aromatic carbocycles. The van der Waals surface area contributed by atoms with E-state index in [0.717, 1.165) is 70.1 Å². The highest BCUT2D eigenvalue weighted by molar-refractivity contribution is 9.10. The summed E-state index contributed by atoms with van der Waals surface area (Å²) in [5.41, 5.74) is 13.2. The molecule has 1 aliphatic rings. The predicted molar refractivity (Wildman–Crippen MR) is 419 cm³/mol. The van der Waals surface area contributed by atoms with Gasteiger partial charge >= 0.3 is 7.12 Å². The third kappa shape index (κ3) is 11.1. The molecule has 0 atom stereocenters. The van der Waals surface area contributed by atoms with Crippen LogP contribution in [0.5, 0.6) is 0 Å². The standard InChI is InChI=1S/C40H24N2S.C33H28BNO2.C13H8BrNS.CH4/c1-3-14-31-29(12-1)30-13-2-4-15-32(30)38-37(31)33-16-5-6-17-34(33)41-39(38)28-11-9-10-27(24-28)25-20-22-26(23-21-25)40-42-35-18-7-8-19-36(35)43-40;1-32(2)33(3,4)37-34(36-32)22-13-11-12-21(20-22)31-30-26-17-8-6-15-24(26)23-14-5-7-16-25(23)29(30)27-18-9-10-19-28(27)35-31;14-10-7-5-9(6-8-10)13-15-11-3-1-2-4-12(11)16-13;/h1-24H;5-20H,1-4H3;1-8H;1H4. The van der Waals surface area contributed by atoms with Crippen molar-refractivity contribution in [2.24, 2.45) is 0 Å². The van der Waals surface area contributed by atoms with Crippen LogP contribution in [0.4, 0.5) is 0 Å². The summed E-state index contributed by atoms with van der Waals surface area (Å²) in [5.74, 6) is 0. The number of thiazole rings is 2. The van der Waals surface area contributed by atoms with Gasteiger partial charge in [-0.2, -0.15) is 0 Å². The largest absolute Gasteiger partial charge is 0.494 e. The number of rotatable bonds is 6. The number of benzene rings is 14. The van der Waals surface area contributed by atoms with Crippen LogP contribution in [-0.2, 0) is 9.31 Å². The second-order valence-corrected chi connectivity index (χ2v) is 28.5. The van der Waals surface area contributed by atoms with E-state index in [1.54, 1.807) is 22.7 Å². The highest BCUT2D eigenvalue weighted by Crippen LogP contribution is 2.46. The fourth-order valence-electron chi connectivity index (χ4n) is 13.7. The zero-order valence-corrected chi connectivity index (χ0v) is 56.3. The number of halogens is 1. The third-order valence-corrected chi connectivity index (χ3v) is 21.8. The molecule has 0 amide bonds. The Morgan fingerprint density at radius 1 is 0.299 bits per heavy atom. The van der Waals surface area contributed by atoms with E-state index in [0.29, 0.717) is 0 Å². The maximum Gasteiger partial charge on any atom is 0.494 e. The van der Waals surface area contributed by atoms with E-state index in [-0.39, 0.29) is 7.43 Å². The first-order valence-corrected chi connectivity index (χ1v) is 34.8. The van der Waals surface area contributed by atoms with Gasteiger partial charge < -0.3 is 9.31 Å². The van der Waals surface area contributed by atoms with Crippen LogP contribution in [0, 0.1) is 0 Å². The SMILES string of the molecule is Brc1ccc(-c2nc3ccccc3s2)cc1.C.CC1(C)OB(c2cccc(-c3nc4ccccc4c4c5ccccc5c5ccccc5c34)c2)OC1(C)C.c1cc(-c2ccc(-c3nc4ccccc4s3)cc2)cc(-c2nc3ccccc3c3c4ccccc4c4ccccc4c23)c1. The van der Waals surface area contributed by atoms with Crippen LogP contribution in [0.3, 0.4) is 0 Å². The number of fused-ring (bicyclic) bond motifs is 18. The van der Waals surface area contributed by atoms with Crippen molar-refractivity contribution in [1.82, 2.24) is 19.9 Å². The van der Waals surface area contributed by atoms with Crippen LogP contribution in [0.25, 0.3) is 162 Å². The highest BCUT2D eigenvalue weighted by atomic mass is 79.9. The third-order valence-electron chi connectivity index (χ3n) is 19.1. The van der Waals surface area contributed by atoms with Crippen LogP contribution >= 0.6 is 38.6 Å². The second-order valence-electron chi connectivity index (χ2n) is 25.5. The van der Waals surface area contributed by atoms with Gasteiger partial charge in [0.05, 0.1) is 54.1 Å². The quantitative estimate of drug-likeness (QED) is 0.122. The molecule has 0 N–H and O–H groups in total. The fraction of sp³-hybridized carbons (Fsp3) is 0.0805. The van der Waals surface area contributed by atoms with Crippen LogP contribution in [0.2, 0.25) is 0 Å². The van der Waals surface area contributed by atoms with Gasteiger partial charge in [-0.05, 0) is 142 Å². The summed E-state index contributed by atoms with van der Waals surface area (Å²) in [6.45, 7) is 8.36. The minimum absolute atomic E-state index is 0. The first kappa shape index (κ1) is 61.6. The first-order chi connectivity index (χ1) is 47.0. The van der Waals surface area contributed by atoms with E-state index in [4.69, 9.17) is 24.3 Å². The lowest BCUT2D eigenvalue weighted by molar-refractivity contribution is 0.00578. The lowest BCUT2D eigenvalue weighted by atomic mass is 9.78. The van der Waals surface area contributed by atoms with Crippen molar-refractivity contribution in [3.05, 3.63) is 296 Å². The topological polar surface area (TPSA) is 70.0 Å². The van der Waals surface area contributed by atoms with E-state index >= 15 is 0 Å². The van der Waals surface area contributed by atoms with E-state index in [2.05, 4.69) is 303 Å². The van der Waals surface area contributed by atoms with Crippen molar-refractivity contribution in [2.45, 2.75) is 46.3 Å². The van der Waals surface area contributed by atoms with Crippen molar-refractivity contribution >= 4 is 158 Å². The molecule has 0 bridgehead atoms. The Bertz CT molecular complexity index is 6000. The molecule has 0 spiro atoms. The Hall–Kier alpha value is -10.3. The molecule has 4 aromatic heterocycles. The number of para-hydroxylation sites is 4. The van der Waals surface area contributed by atoms with E-state index in [9.17, 15) is 0 Å². The monoisotopic (exact) mass is 1350 g/mol. The summed E-state index contributed by atoms with van der Waals surface area (Å²) in [6, 6.07) is 103.